The minimum absolute atomic E-state index is 0.225. The molecule has 3 nitrogen and oxygen atoms in total. The Balaban J connectivity index is 2.41. The number of aryl methyl sites for hydroxylation is 1. The summed E-state index contributed by atoms with van der Waals surface area (Å²) in [4.78, 5) is 12.8. The van der Waals surface area contributed by atoms with Crippen molar-refractivity contribution < 1.29 is 13.5 Å². The molecule has 0 unspecified atom stereocenters. The molecule has 0 saturated carbocycles. The Morgan fingerprint density at radius 3 is 2.62 bits per heavy atom. The molecular weight excluding hydrogens is 271 g/mol. The van der Waals surface area contributed by atoms with Crippen molar-refractivity contribution in [2.24, 2.45) is 0 Å². The summed E-state index contributed by atoms with van der Waals surface area (Å²) in [5.74, 6) is 0.497. The molecule has 0 spiro atoms. The van der Waals surface area contributed by atoms with Crippen molar-refractivity contribution in [3.8, 4) is 16.9 Å². The normalized spacial score (nSPS) is 10.8. The van der Waals surface area contributed by atoms with Gasteiger partial charge in [0.05, 0.1) is 12.7 Å². The van der Waals surface area contributed by atoms with Crippen LogP contribution in [0.5, 0.6) is 5.75 Å². The summed E-state index contributed by atoms with van der Waals surface area (Å²) in [6.07, 6.45) is 0. The second-order valence-corrected chi connectivity index (χ2v) is 4.71. The first-order valence-corrected chi connectivity index (χ1v) is 6.48. The zero-order chi connectivity index (χ0) is 15.0. The highest BCUT2D eigenvalue weighted by Crippen LogP contribution is 2.28. The molecule has 1 aromatic heterocycles. The van der Waals surface area contributed by atoms with E-state index in [-0.39, 0.29) is 5.43 Å². The minimum Gasteiger partial charge on any atom is -0.496 e. The zero-order valence-corrected chi connectivity index (χ0v) is 11.6. The Bertz CT molecular complexity index is 881. The van der Waals surface area contributed by atoms with E-state index in [1.54, 1.807) is 37.3 Å². The van der Waals surface area contributed by atoms with E-state index in [9.17, 15) is 9.18 Å². The van der Waals surface area contributed by atoms with Crippen LogP contribution in [-0.4, -0.2) is 7.11 Å². The lowest BCUT2D eigenvalue weighted by Crippen LogP contribution is -2.08. The van der Waals surface area contributed by atoms with Gasteiger partial charge in [-0.3, -0.25) is 4.79 Å². The van der Waals surface area contributed by atoms with Gasteiger partial charge in [0.2, 0.25) is 5.43 Å². The number of benzene rings is 2. The standard InChI is InChI=1S/C17H13FO3/c1-10-15(11-5-3-6-12(18)9-11)17(19)16-13(20-2)7-4-8-14(16)21-10/h3-9H,1-2H3. The molecule has 0 bridgehead atoms. The molecule has 3 rings (SSSR count). The van der Waals surface area contributed by atoms with Crippen molar-refractivity contribution in [1.29, 1.82) is 0 Å². The maximum atomic E-state index is 13.4. The SMILES string of the molecule is COc1cccc2oc(C)c(-c3cccc(F)c3)c(=O)c12. The van der Waals surface area contributed by atoms with E-state index < -0.39 is 5.82 Å². The third-order valence-electron chi connectivity index (χ3n) is 3.39. The van der Waals surface area contributed by atoms with Gasteiger partial charge in [-0.25, -0.2) is 4.39 Å². The van der Waals surface area contributed by atoms with Gasteiger partial charge in [-0.2, -0.15) is 0 Å². The van der Waals surface area contributed by atoms with Crippen LogP contribution in [0, 0.1) is 12.7 Å². The fraction of sp³-hybridized carbons (Fsp3) is 0.118. The molecule has 0 radical (unpaired) electrons. The van der Waals surface area contributed by atoms with Gasteiger partial charge in [-0.1, -0.05) is 18.2 Å². The van der Waals surface area contributed by atoms with Crippen LogP contribution in [-0.2, 0) is 0 Å². The Kier molecular flexibility index (Phi) is 3.22. The summed E-state index contributed by atoms with van der Waals surface area (Å²) in [6.45, 7) is 1.69. The van der Waals surface area contributed by atoms with Crippen LogP contribution in [0.2, 0.25) is 0 Å². The maximum Gasteiger partial charge on any atom is 0.204 e. The summed E-state index contributed by atoms with van der Waals surface area (Å²) in [6, 6.07) is 11.1. The zero-order valence-electron chi connectivity index (χ0n) is 11.6. The molecular formula is C17H13FO3. The van der Waals surface area contributed by atoms with Gasteiger partial charge < -0.3 is 9.15 Å². The molecule has 21 heavy (non-hydrogen) atoms. The fourth-order valence-electron chi connectivity index (χ4n) is 2.47. The smallest absolute Gasteiger partial charge is 0.204 e. The maximum absolute atomic E-state index is 13.4. The first-order valence-electron chi connectivity index (χ1n) is 6.48. The average molecular weight is 284 g/mol. The third-order valence-corrected chi connectivity index (χ3v) is 3.39. The van der Waals surface area contributed by atoms with Crippen LogP contribution < -0.4 is 10.2 Å². The van der Waals surface area contributed by atoms with Crippen molar-refractivity contribution in [2.45, 2.75) is 6.92 Å². The topological polar surface area (TPSA) is 39.4 Å². The lowest BCUT2D eigenvalue weighted by Gasteiger charge is -2.09. The second kappa shape index (κ2) is 5.05. The molecule has 0 aliphatic heterocycles. The highest BCUT2D eigenvalue weighted by molar-refractivity contribution is 5.87. The third kappa shape index (κ3) is 2.18. The molecule has 4 heteroatoms. The molecule has 3 aromatic rings. The van der Waals surface area contributed by atoms with Crippen LogP contribution in [0.3, 0.4) is 0 Å². The summed E-state index contributed by atoms with van der Waals surface area (Å²) in [7, 11) is 1.50. The number of fused-ring (bicyclic) bond motifs is 1. The summed E-state index contributed by atoms with van der Waals surface area (Å²) in [5, 5.41) is 0.366. The molecule has 106 valence electrons. The second-order valence-electron chi connectivity index (χ2n) is 4.71. The van der Waals surface area contributed by atoms with Crippen LogP contribution in [0.25, 0.3) is 22.1 Å². The number of halogens is 1. The highest BCUT2D eigenvalue weighted by Gasteiger charge is 2.16. The van der Waals surface area contributed by atoms with Crippen LogP contribution in [0.15, 0.2) is 51.7 Å². The first-order chi connectivity index (χ1) is 10.1. The Morgan fingerprint density at radius 2 is 1.90 bits per heavy atom. The van der Waals surface area contributed by atoms with Crippen LogP contribution in [0.1, 0.15) is 5.76 Å². The number of ether oxygens (including phenoxy) is 1. The monoisotopic (exact) mass is 284 g/mol. The lowest BCUT2D eigenvalue weighted by molar-refractivity contribution is 0.418. The summed E-state index contributed by atoms with van der Waals surface area (Å²) >= 11 is 0. The largest absolute Gasteiger partial charge is 0.496 e. The van der Waals surface area contributed by atoms with Gasteiger partial charge in [0.15, 0.2) is 0 Å². The fourth-order valence-corrected chi connectivity index (χ4v) is 2.47. The minimum atomic E-state index is -0.397. The van der Waals surface area contributed by atoms with E-state index in [2.05, 4.69) is 0 Å². The van der Waals surface area contributed by atoms with E-state index in [1.807, 2.05) is 0 Å². The molecule has 2 aromatic carbocycles. The highest BCUT2D eigenvalue weighted by atomic mass is 19.1. The van der Waals surface area contributed by atoms with Crippen LogP contribution >= 0.6 is 0 Å². The summed E-state index contributed by atoms with van der Waals surface area (Å²) < 4.78 is 24.4. The molecule has 0 aliphatic rings. The molecule has 1 heterocycles. The van der Waals surface area contributed by atoms with E-state index in [4.69, 9.17) is 9.15 Å². The number of methoxy groups -OCH3 is 1. The van der Waals surface area contributed by atoms with Crippen LogP contribution in [0.4, 0.5) is 4.39 Å². The summed E-state index contributed by atoms with van der Waals surface area (Å²) in [5.41, 5.74) is 1.08. The lowest BCUT2D eigenvalue weighted by atomic mass is 10.0. The average Bonchev–Trinajstić information content (AvgIpc) is 2.46. The van der Waals surface area contributed by atoms with Crippen molar-refractivity contribution in [1.82, 2.24) is 0 Å². The molecule has 0 aliphatic carbocycles. The Labute approximate surface area is 120 Å². The van der Waals surface area contributed by atoms with Crippen molar-refractivity contribution in [3.63, 3.8) is 0 Å². The van der Waals surface area contributed by atoms with Crippen molar-refractivity contribution in [3.05, 3.63) is 64.3 Å². The van der Waals surface area contributed by atoms with Gasteiger partial charge in [0, 0.05) is 0 Å². The first kappa shape index (κ1) is 13.4. The number of hydrogen-bond donors (Lipinski definition) is 0. The van der Waals surface area contributed by atoms with Gasteiger partial charge in [0.1, 0.15) is 28.3 Å². The number of hydrogen-bond acceptors (Lipinski definition) is 3. The molecule has 0 N–H and O–H groups in total. The van der Waals surface area contributed by atoms with Gasteiger partial charge in [0.25, 0.3) is 0 Å². The van der Waals surface area contributed by atoms with Crippen molar-refractivity contribution in [2.75, 3.05) is 7.11 Å². The van der Waals surface area contributed by atoms with Gasteiger partial charge >= 0.3 is 0 Å². The van der Waals surface area contributed by atoms with Crippen molar-refractivity contribution >= 4 is 11.0 Å². The Hall–Kier alpha value is -2.62. The van der Waals surface area contributed by atoms with Gasteiger partial charge in [-0.15, -0.1) is 0 Å². The van der Waals surface area contributed by atoms with E-state index >= 15 is 0 Å². The molecule has 0 amide bonds. The quantitative estimate of drug-likeness (QED) is 0.716. The number of rotatable bonds is 2. The predicted octanol–water partition coefficient (Wildman–Crippen LogP) is 3.92. The molecule has 0 atom stereocenters. The Morgan fingerprint density at radius 1 is 1.14 bits per heavy atom. The van der Waals surface area contributed by atoms with E-state index in [1.165, 1.54) is 19.2 Å². The van der Waals surface area contributed by atoms with E-state index in [0.717, 1.165) is 0 Å². The van der Waals surface area contributed by atoms with Gasteiger partial charge in [-0.05, 0) is 36.8 Å². The van der Waals surface area contributed by atoms with E-state index in [0.29, 0.717) is 33.6 Å². The molecule has 0 fully saturated rings. The predicted molar refractivity (Wildman–Crippen MR) is 79.2 cm³/mol. The molecule has 0 saturated heterocycles.